The van der Waals surface area contributed by atoms with Gasteiger partial charge in [0.1, 0.15) is 0 Å². The fraction of sp³-hybridized carbons (Fsp3) is 0.318. The van der Waals surface area contributed by atoms with Gasteiger partial charge in [-0.15, -0.1) is 0 Å². The number of pyridine rings is 1. The predicted octanol–water partition coefficient (Wildman–Crippen LogP) is 5.09. The lowest BCUT2D eigenvalue weighted by Crippen LogP contribution is -2.39. The molecule has 0 spiro atoms. The number of carbonyl (C=O) groups excluding carboxylic acids is 1. The van der Waals surface area contributed by atoms with Crippen molar-refractivity contribution in [1.29, 1.82) is 0 Å². The first kappa shape index (κ1) is 19.9. The largest absolute Gasteiger partial charge is 0.334 e. The molecule has 0 saturated carbocycles. The van der Waals surface area contributed by atoms with Gasteiger partial charge in [0, 0.05) is 37.7 Å². The number of likely N-dealkylation sites (tertiary alicyclic amines) is 1. The molecule has 0 aliphatic carbocycles. The number of rotatable bonds is 4. The van der Waals surface area contributed by atoms with Crippen LogP contribution < -0.4 is 0 Å². The van der Waals surface area contributed by atoms with Crippen LogP contribution in [0.15, 0.2) is 48.9 Å². The number of nitrogens with zero attached hydrogens (tertiary/aromatic N) is 4. The minimum absolute atomic E-state index is 0.0385. The van der Waals surface area contributed by atoms with Crippen LogP contribution in [-0.2, 0) is 18.3 Å². The van der Waals surface area contributed by atoms with Crippen molar-refractivity contribution in [1.82, 2.24) is 19.7 Å². The Kier molecular flexibility index (Phi) is 5.88. The molecule has 29 heavy (non-hydrogen) atoms. The average Bonchev–Trinajstić information content (AvgIpc) is 3.13. The van der Waals surface area contributed by atoms with Crippen LogP contribution in [0.25, 0.3) is 11.1 Å². The van der Waals surface area contributed by atoms with Crippen LogP contribution in [0.1, 0.15) is 36.6 Å². The van der Waals surface area contributed by atoms with E-state index in [-0.39, 0.29) is 11.9 Å². The smallest absolute Gasteiger partial charge is 0.227 e. The van der Waals surface area contributed by atoms with E-state index >= 15 is 0 Å². The molecule has 1 aliphatic heterocycles. The molecule has 0 N–H and O–H groups in total. The second kappa shape index (κ2) is 8.56. The summed E-state index contributed by atoms with van der Waals surface area (Å²) in [6.45, 7) is 0.733. The first-order valence-electron chi connectivity index (χ1n) is 9.70. The highest BCUT2D eigenvalue weighted by molar-refractivity contribution is 6.42. The molecule has 150 valence electrons. The molecular formula is C22H22Cl2N4O. The van der Waals surface area contributed by atoms with Crippen LogP contribution in [0.2, 0.25) is 10.0 Å². The highest BCUT2D eigenvalue weighted by atomic mass is 35.5. The molecule has 1 aliphatic rings. The average molecular weight is 429 g/mol. The standard InChI is InChI=1S/C22H22Cl2N4O/c1-27-14-17(16-7-9-25-10-8-16)22(26-27)20-4-2-3-11-28(20)21(29)13-15-5-6-18(23)19(24)12-15/h5-10,12,14,20H,2-4,11,13H2,1H3/t20-/m1/s1. The molecule has 0 bridgehead atoms. The van der Waals surface area contributed by atoms with Crippen LogP contribution in [0.5, 0.6) is 0 Å². The van der Waals surface area contributed by atoms with Gasteiger partial charge in [-0.05, 0) is 54.7 Å². The van der Waals surface area contributed by atoms with Gasteiger partial charge in [-0.25, -0.2) is 0 Å². The maximum atomic E-state index is 13.2. The van der Waals surface area contributed by atoms with Gasteiger partial charge in [0.25, 0.3) is 0 Å². The highest BCUT2D eigenvalue weighted by Gasteiger charge is 2.31. The Bertz CT molecular complexity index is 1020. The first-order valence-corrected chi connectivity index (χ1v) is 10.5. The summed E-state index contributed by atoms with van der Waals surface area (Å²) in [5.41, 5.74) is 3.92. The third-order valence-corrected chi connectivity index (χ3v) is 6.07. The first-order chi connectivity index (χ1) is 14.0. The summed E-state index contributed by atoms with van der Waals surface area (Å²) in [6, 6.07) is 9.28. The van der Waals surface area contributed by atoms with Crippen LogP contribution in [0, 0.1) is 0 Å². The summed E-state index contributed by atoms with van der Waals surface area (Å²) in [5, 5.41) is 5.70. The SMILES string of the molecule is Cn1cc(-c2ccncc2)c([C@H]2CCCCN2C(=O)Cc2ccc(Cl)c(Cl)c2)n1. The molecule has 2 aromatic heterocycles. The zero-order valence-electron chi connectivity index (χ0n) is 16.2. The zero-order chi connectivity index (χ0) is 20.4. The van der Waals surface area contributed by atoms with Gasteiger partial charge >= 0.3 is 0 Å². The Balaban J connectivity index is 1.63. The van der Waals surface area contributed by atoms with E-state index in [1.54, 1.807) is 24.5 Å². The number of benzene rings is 1. The Hall–Kier alpha value is -2.37. The van der Waals surface area contributed by atoms with Gasteiger partial charge in [0.05, 0.1) is 28.2 Å². The molecule has 7 heteroatoms. The van der Waals surface area contributed by atoms with Gasteiger partial charge in [0.15, 0.2) is 0 Å². The Morgan fingerprint density at radius 1 is 1.14 bits per heavy atom. The Morgan fingerprint density at radius 2 is 1.93 bits per heavy atom. The lowest BCUT2D eigenvalue weighted by molar-refractivity contribution is -0.134. The minimum atomic E-state index is -0.0385. The number of amides is 1. The molecule has 0 radical (unpaired) electrons. The lowest BCUT2D eigenvalue weighted by Gasteiger charge is -2.35. The quantitative estimate of drug-likeness (QED) is 0.581. The van der Waals surface area contributed by atoms with Crippen LogP contribution >= 0.6 is 23.2 Å². The fourth-order valence-corrected chi connectivity index (χ4v) is 4.27. The molecule has 5 nitrogen and oxygen atoms in total. The van der Waals surface area contributed by atoms with Crippen molar-refractivity contribution in [3.63, 3.8) is 0 Å². The summed E-state index contributed by atoms with van der Waals surface area (Å²) in [6.07, 6.45) is 8.85. The molecule has 3 aromatic rings. The topological polar surface area (TPSA) is 51.0 Å². The van der Waals surface area contributed by atoms with E-state index in [9.17, 15) is 4.79 Å². The van der Waals surface area contributed by atoms with E-state index in [2.05, 4.69) is 4.98 Å². The van der Waals surface area contributed by atoms with Crippen LogP contribution in [0.4, 0.5) is 0 Å². The van der Waals surface area contributed by atoms with E-state index in [1.807, 2.05) is 41.0 Å². The van der Waals surface area contributed by atoms with Gasteiger partial charge < -0.3 is 4.90 Å². The van der Waals surface area contributed by atoms with Crippen molar-refractivity contribution >= 4 is 29.1 Å². The number of halogens is 2. The normalized spacial score (nSPS) is 16.8. The number of hydrogen-bond donors (Lipinski definition) is 0. The highest BCUT2D eigenvalue weighted by Crippen LogP contribution is 2.36. The molecule has 1 atom stereocenters. The van der Waals surface area contributed by atoms with Crippen LogP contribution in [-0.4, -0.2) is 32.1 Å². The van der Waals surface area contributed by atoms with E-state index in [0.29, 0.717) is 16.5 Å². The number of hydrogen-bond acceptors (Lipinski definition) is 3. The summed E-state index contributed by atoms with van der Waals surface area (Å²) in [5.74, 6) is 0.0828. The van der Waals surface area contributed by atoms with E-state index in [4.69, 9.17) is 28.3 Å². The predicted molar refractivity (Wildman–Crippen MR) is 115 cm³/mol. The lowest BCUT2D eigenvalue weighted by atomic mass is 9.94. The minimum Gasteiger partial charge on any atom is -0.334 e. The van der Waals surface area contributed by atoms with Crippen molar-refractivity contribution in [2.45, 2.75) is 31.7 Å². The molecule has 0 unspecified atom stereocenters. The Morgan fingerprint density at radius 3 is 2.69 bits per heavy atom. The second-order valence-corrected chi connectivity index (χ2v) is 8.18. The third-order valence-electron chi connectivity index (χ3n) is 5.33. The monoisotopic (exact) mass is 428 g/mol. The van der Waals surface area contributed by atoms with E-state index < -0.39 is 0 Å². The molecule has 1 fully saturated rings. The molecule has 1 aromatic carbocycles. The molecular weight excluding hydrogens is 407 g/mol. The second-order valence-electron chi connectivity index (χ2n) is 7.36. The van der Waals surface area contributed by atoms with Crippen molar-refractivity contribution < 1.29 is 4.79 Å². The number of aromatic nitrogens is 3. The van der Waals surface area contributed by atoms with Gasteiger partial charge in [-0.2, -0.15) is 5.10 Å². The summed E-state index contributed by atoms with van der Waals surface area (Å²) in [4.78, 5) is 19.3. The maximum Gasteiger partial charge on any atom is 0.227 e. The number of aryl methyl sites for hydroxylation is 1. The summed E-state index contributed by atoms with van der Waals surface area (Å²) in [7, 11) is 1.92. The van der Waals surface area contributed by atoms with Crippen LogP contribution in [0.3, 0.4) is 0 Å². The molecule has 4 rings (SSSR count). The third kappa shape index (κ3) is 4.31. The van der Waals surface area contributed by atoms with Gasteiger partial charge in [-0.1, -0.05) is 29.3 Å². The molecule has 3 heterocycles. The van der Waals surface area contributed by atoms with Crippen molar-refractivity contribution in [2.75, 3.05) is 6.54 Å². The van der Waals surface area contributed by atoms with E-state index in [1.165, 1.54) is 0 Å². The van der Waals surface area contributed by atoms with Gasteiger partial charge in [-0.3, -0.25) is 14.5 Å². The Labute approximate surface area is 180 Å². The zero-order valence-corrected chi connectivity index (χ0v) is 17.7. The van der Waals surface area contributed by atoms with Crippen molar-refractivity contribution in [3.05, 3.63) is 70.2 Å². The van der Waals surface area contributed by atoms with Crippen molar-refractivity contribution in [2.24, 2.45) is 7.05 Å². The maximum absolute atomic E-state index is 13.2. The number of carbonyl (C=O) groups is 1. The van der Waals surface area contributed by atoms with Gasteiger partial charge in [0.2, 0.25) is 5.91 Å². The summed E-state index contributed by atoms with van der Waals surface area (Å²) >= 11 is 12.1. The number of piperidine rings is 1. The summed E-state index contributed by atoms with van der Waals surface area (Å²) < 4.78 is 1.82. The van der Waals surface area contributed by atoms with E-state index in [0.717, 1.165) is 48.2 Å². The van der Waals surface area contributed by atoms with Crippen molar-refractivity contribution in [3.8, 4) is 11.1 Å². The molecule has 1 saturated heterocycles. The fourth-order valence-electron chi connectivity index (χ4n) is 3.95. The molecule has 1 amide bonds.